The molecule has 2 rings (SSSR count). The first-order chi connectivity index (χ1) is 10.6. The van der Waals surface area contributed by atoms with Crippen LogP contribution in [-0.2, 0) is 9.59 Å². The third kappa shape index (κ3) is 4.78. The molecular formula is C15H18Cl2N2O3. The molecule has 0 aromatic heterocycles. The Labute approximate surface area is 139 Å². The maximum atomic E-state index is 12.0. The molecule has 1 aliphatic rings. The lowest BCUT2D eigenvalue weighted by Crippen LogP contribution is -2.48. The van der Waals surface area contributed by atoms with Gasteiger partial charge in [0.2, 0.25) is 12.3 Å². The van der Waals surface area contributed by atoms with E-state index in [2.05, 4.69) is 0 Å². The number of carbonyl (C=O) groups excluding carboxylic acids is 2. The monoisotopic (exact) mass is 344 g/mol. The average Bonchev–Trinajstić information content (AvgIpc) is 2.53. The van der Waals surface area contributed by atoms with Gasteiger partial charge in [-0.05, 0) is 24.6 Å². The predicted molar refractivity (Wildman–Crippen MR) is 85.4 cm³/mol. The van der Waals surface area contributed by atoms with Gasteiger partial charge < -0.3 is 14.5 Å². The zero-order valence-corrected chi connectivity index (χ0v) is 13.6. The molecule has 0 bridgehead atoms. The molecular weight excluding hydrogens is 327 g/mol. The molecule has 1 aromatic rings. The Hall–Kier alpha value is -1.46. The highest BCUT2D eigenvalue weighted by molar-refractivity contribution is 6.35. The Kier molecular flexibility index (Phi) is 6.34. The van der Waals surface area contributed by atoms with Gasteiger partial charge in [0.05, 0.1) is 11.6 Å². The maximum absolute atomic E-state index is 12.0. The van der Waals surface area contributed by atoms with E-state index >= 15 is 0 Å². The topological polar surface area (TPSA) is 49.9 Å². The minimum Gasteiger partial charge on any atom is -0.492 e. The molecule has 5 nitrogen and oxygen atoms in total. The van der Waals surface area contributed by atoms with E-state index in [-0.39, 0.29) is 5.91 Å². The number of ether oxygens (including phenoxy) is 1. The van der Waals surface area contributed by atoms with Crippen molar-refractivity contribution in [2.45, 2.75) is 12.8 Å². The number of carbonyl (C=O) groups is 2. The van der Waals surface area contributed by atoms with E-state index in [1.54, 1.807) is 28.0 Å². The van der Waals surface area contributed by atoms with Crippen LogP contribution in [0.5, 0.6) is 5.75 Å². The molecule has 22 heavy (non-hydrogen) atoms. The van der Waals surface area contributed by atoms with Crippen molar-refractivity contribution in [3.05, 3.63) is 28.2 Å². The van der Waals surface area contributed by atoms with Crippen LogP contribution in [0.25, 0.3) is 0 Å². The summed E-state index contributed by atoms with van der Waals surface area (Å²) in [7, 11) is 0. The number of amides is 2. The zero-order chi connectivity index (χ0) is 15.9. The average molecular weight is 345 g/mol. The lowest BCUT2D eigenvalue weighted by atomic mass is 10.2. The first kappa shape index (κ1) is 16.9. The van der Waals surface area contributed by atoms with E-state index in [0.717, 1.165) is 6.41 Å². The second kappa shape index (κ2) is 8.25. The van der Waals surface area contributed by atoms with Gasteiger partial charge >= 0.3 is 0 Å². The van der Waals surface area contributed by atoms with Crippen molar-refractivity contribution in [1.29, 1.82) is 0 Å². The van der Waals surface area contributed by atoms with Gasteiger partial charge in [0.1, 0.15) is 5.75 Å². The standard InChI is InChI=1S/C15H18Cl2N2O3/c16-12-3-4-14(13(17)10-12)22-9-1-2-15(21)19-7-5-18(11-20)6-8-19/h3-4,10-11H,1-2,5-9H2. The largest absolute Gasteiger partial charge is 0.492 e. The maximum Gasteiger partial charge on any atom is 0.222 e. The molecule has 2 amide bonds. The molecule has 1 saturated heterocycles. The SMILES string of the molecule is O=CN1CCN(C(=O)CCCOc2ccc(Cl)cc2Cl)CC1. The van der Waals surface area contributed by atoms with Gasteiger partial charge in [-0.25, -0.2) is 0 Å². The highest BCUT2D eigenvalue weighted by Gasteiger charge is 2.19. The molecule has 0 unspecified atom stereocenters. The predicted octanol–water partition coefficient (Wildman–Crippen LogP) is 2.45. The fraction of sp³-hybridized carbons (Fsp3) is 0.467. The van der Waals surface area contributed by atoms with Crippen LogP contribution in [0.2, 0.25) is 10.0 Å². The van der Waals surface area contributed by atoms with Crippen LogP contribution >= 0.6 is 23.2 Å². The van der Waals surface area contributed by atoms with E-state index in [0.29, 0.717) is 61.4 Å². The molecule has 0 aliphatic carbocycles. The van der Waals surface area contributed by atoms with E-state index in [4.69, 9.17) is 27.9 Å². The van der Waals surface area contributed by atoms with Gasteiger partial charge in [-0.1, -0.05) is 23.2 Å². The summed E-state index contributed by atoms with van der Waals surface area (Å²) < 4.78 is 5.55. The van der Waals surface area contributed by atoms with Crippen molar-refractivity contribution in [2.24, 2.45) is 0 Å². The lowest BCUT2D eigenvalue weighted by Gasteiger charge is -2.32. The van der Waals surface area contributed by atoms with Crippen LogP contribution in [0.4, 0.5) is 0 Å². The van der Waals surface area contributed by atoms with Gasteiger partial charge in [0.25, 0.3) is 0 Å². The minimum atomic E-state index is 0.0938. The van der Waals surface area contributed by atoms with Crippen molar-refractivity contribution in [3.8, 4) is 5.75 Å². The Morgan fingerprint density at radius 2 is 1.95 bits per heavy atom. The summed E-state index contributed by atoms with van der Waals surface area (Å²) in [6.45, 7) is 2.82. The summed E-state index contributed by atoms with van der Waals surface area (Å²) in [6.07, 6.45) is 1.86. The number of benzene rings is 1. The van der Waals surface area contributed by atoms with Crippen molar-refractivity contribution in [2.75, 3.05) is 32.8 Å². The number of piperazine rings is 1. The molecule has 0 radical (unpaired) electrons. The van der Waals surface area contributed by atoms with Gasteiger partial charge in [-0.2, -0.15) is 0 Å². The highest BCUT2D eigenvalue weighted by Crippen LogP contribution is 2.27. The van der Waals surface area contributed by atoms with E-state index in [9.17, 15) is 9.59 Å². The van der Waals surface area contributed by atoms with Crippen molar-refractivity contribution in [3.63, 3.8) is 0 Å². The van der Waals surface area contributed by atoms with Crippen LogP contribution in [0.1, 0.15) is 12.8 Å². The molecule has 120 valence electrons. The summed E-state index contributed by atoms with van der Waals surface area (Å²) >= 11 is 11.8. The van der Waals surface area contributed by atoms with Crippen molar-refractivity contribution in [1.82, 2.24) is 9.80 Å². The fourth-order valence-electron chi connectivity index (χ4n) is 2.23. The summed E-state index contributed by atoms with van der Waals surface area (Å²) in [5, 5.41) is 1.02. The Bertz CT molecular complexity index is 532. The third-order valence-corrected chi connectivity index (χ3v) is 4.03. The second-order valence-electron chi connectivity index (χ2n) is 5.05. The highest BCUT2D eigenvalue weighted by atomic mass is 35.5. The zero-order valence-electron chi connectivity index (χ0n) is 12.1. The van der Waals surface area contributed by atoms with Crippen molar-refractivity contribution >= 4 is 35.5 Å². The van der Waals surface area contributed by atoms with E-state index < -0.39 is 0 Å². The smallest absolute Gasteiger partial charge is 0.222 e. The van der Waals surface area contributed by atoms with Crippen LogP contribution in [0.3, 0.4) is 0 Å². The number of rotatable bonds is 6. The number of halogens is 2. The normalized spacial score (nSPS) is 14.8. The first-order valence-corrected chi connectivity index (χ1v) is 7.90. The molecule has 1 fully saturated rings. The molecule has 0 N–H and O–H groups in total. The van der Waals surface area contributed by atoms with E-state index in [1.807, 2.05) is 0 Å². The van der Waals surface area contributed by atoms with Crippen LogP contribution in [0, 0.1) is 0 Å². The summed E-state index contributed by atoms with van der Waals surface area (Å²) in [5.74, 6) is 0.662. The summed E-state index contributed by atoms with van der Waals surface area (Å²) in [4.78, 5) is 26.1. The summed E-state index contributed by atoms with van der Waals surface area (Å²) in [6, 6.07) is 5.04. The molecule has 0 atom stereocenters. The van der Waals surface area contributed by atoms with Crippen LogP contribution < -0.4 is 4.74 Å². The summed E-state index contributed by atoms with van der Waals surface area (Å²) in [5.41, 5.74) is 0. The fourth-order valence-corrected chi connectivity index (χ4v) is 2.70. The molecule has 1 heterocycles. The molecule has 1 aliphatic heterocycles. The van der Waals surface area contributed by atoms with Gasteiger partial charge in [0.15, 0.2) is 0 Å². The Morgan fingerprint density at radius 1 is 1.23 bits per heavy atom. The van der Waals surface area contributed by atoms with Gasteiger partial charge in [-0.15, -0.1) is 0 Å². The molecule has 1 aromatic carbocycles. The Balaban J connectivity index is 1.68. The van der Waals surface area contributed by atoms with Gasteiger partial charge in [0, 0.05) is 37.6 Å². The lowest BCUT2D eigenvalue weighted by molar-refractivity contribution is -0.135. The molecule has 7 heteroatoms. The van der Waals surface area contributed by atoms with Gasteiger partial charge in [-0.3, -0.25) is 9.59 Å². The van der Waals surface area contributed by atoms with Crippen LogP contribution in [-0.4, -0.2) is 54.9 Å². The van der Waals surface area contributed by atoms with Crippen LogP contribution in [0.15, 0.2) is 18.2 Å². The molecule has 0 saturated carbocycles. The number of hydrogen-bond acceptors (Lipinski definition) is 3. The quantitative estimate of drug-likeness (QED) is 0.588. The third-order valence-electron chi connectivity index (χ3n) is 3.50. The van der Waals surface area contributed by atoms with Crippen molar-refractivity contribution < 1.29 is 14.3 Å². The molecule has 0 spiro atoms. The second-order valence-corrected chi connectivity index (χ2v) is 5.89. The number of nitrogens with zero attached hydrogens (tertiary/aromatic N) is 2. The first-order valence-electron chi connectivity index (χ1n) is 7.15. The minimum absolute atomic E-state index is 0.0938. The Morgan fingerprint density at radius 3 is 2.59 bits per heavy atom. The van der Waals surface area contributed by atoms with E-state index in [1.165, 1.54) is 0 Å². The number of hydrogen-bond donors (Lipinski definition) is 0.